The van der Waals surface area contributed by atoms with Crippen molar-refractivity contribution in [3.63, 3.8) is 0 Å². The molecule has 35 heavy (non-hydrogen) atoms. The van der Waals surface area contributed by atoms with Crippen LogP contribution < -0.4 is 26.4 Å². The Morgan fingerprint density at radius 2 is 1.20 bits per heavy atom. The molecule has 6 N–H and O–H groups in total. The maximum Gasteiger partial charge on any atom is 0.320 e. The minimum absolute atomic E-state index is 0.0230. The fraction of sp³-hybridized carbons (Fsp3) is 0.800. The molecule has 0 aliphatic carbocycles. The highest BCUT2D eigenvalue weighted by molar-refractivity contribution is 7.13. The lowest BCUT2D eigenvalue weighted by atomic mass is 10.1. The molecule has 0 rings (SSSR count). The number of carbonyl (C=O) groups is 4. The van der Waals surface area contributed by atoms with Crippen LogP contribution in [0.1, 0.15) is 12.8 Å². The Bertz CT molecular complexity index is 601. The van der Waals surface area contributed by atoms with E-state index in [0.29, 0.717) is 39.4 Å². The van der Waals surface area contributed by atoms with E-state index in [-0.39, 0.29) is 70.2 Å². The molecule has 0 heterocycles. The van der Waals surface area contributed by atoms with Gasteiger partial charge in [-0.1, -0.05) is 9.39 Å². The van der Waals surface area contributed by atoms with Crippen molar-refractivity contribution in [2.45, 2.75) is 18.9 Å². The first kappa shape index (κ1) is 33.1. The van der Waals surface area contributed by atoms with E-state index in [1.807, 2.05) is 0 Å². The van der Waals surface area contributed by atoms with Gasteiger partial charge in [0.25, 0.3) is 0 Å². The molecule has 1 unspecified atom stereocenters. The summed E-state index contributed by atoms with van der Waals surface area (Å²) in [7, 11) is 3.92. The molecule has 204 valence electrons. The minimum atomic E-state index is -1.02. The van der Waals surface area contributed by atoms with Crippen molar-refractivity contribution in [1.29, 1.82) is 0 Å². The van der Waals surface area contributed by atoms with E-state index in [4.69, 9.17) is 24.1 Å². The maximum absolute atomic E-state index is 11.6. The SMILES string of the molecule is CNCCNC(=O)COCCOCCNC(=O)COCCOCCNC(=O)CC[C@H](NP)C(=O)O. The quantitative estimate of drug-likeness (QED) is 0.0566. The van der Waals surface area contributed by atoms with Crippen LogP contribution in [0.2, 0.25) is 0 Å². The predicted molar refractivity (Wildman–Crippen MR) is 130 cm³/mol. The number of aliphatic carboxylic acids is 1. The molecule has 0 saturated heterocycles. The number of hydrogen-bond donors (Lipinski definition) is 6. The lowest BCUT2D eigenvalue weighted by Crippen LogP contribution is -2.33. The van der Waals surface area contributed by atoms with Crippen LogP contribution in [0.15, 0.2) is 0 Å². The summed E-state index contributed by atoms with van der Waals surface area (Å²) in [5, 5.41) is 22.3. The highest BCUT2D eigenvalue weighted by Gasteiger charge is 2.16. The van der Waals surface area contributed by atoms with Crippen molar-refractivity contribution < 1.29 is 43.2 Å². The first-order valence-electron chi connectivity index (χ1n) is 11.3. The first-order chi connectivity index (χ1) is 16.9. The van der Waals surface area contributed by atoms with E-state index in [1.54, 1.807) is 7.05 Å². The fourth-order valence-corrected chi connectivity index (χ4v) is 2.67. The van der Waals surface area contributed by atoms with Gasteiger partial charge in [-0.05, 0) is 13.5 Å². The summed E-state index contributed by atoms with van der Waals surface area (Å²) in [6, 6.07) is -0.789. The van der Waals surface area contributed by atoms with Gasteiger partial charge in [-0.15, -0.1) is 0 Å². The second-order valence-corrected chi connectivity index (χ2v) is 7.41. The molecule has 2 atom stereocenters. The Hall–Kier alpha value is -1.93. The summed E-state index contributed by atoms with van der Waals surface area (Å²) < 4.78 is 21.0. The smallest absolute Gasteiger partial charge is 0.320 e. The molecular weight excluding hydrogens is 485 g/mol. The van der Waals surface area contributed by atoms with Gasteiger partial charge in [-0.3, -0.25) is 24.3 Å². The number of likely N-dealkylation sites (N-methyl/N-ethyl adjacent to an activating group) is 1. The van der Waals surface area contributed by atoms with Gasteiger partial charge in [-0.25, -0.2) is 0 Å². The Morgan fingerprint density at radius 3 is 1.69 bits per heavy atom. The normalized spacial score (nSPS) is 11.6. The Balaban J connectivity index is 3.41. The van der Waals surface area contributed by atoms with Gasteiger partial charge in [0.05, 0.1) is 39.6 Å². The van der Waals surface area contributed by atoms with E-state index >= 15 is 0 Å². The monoisotopic (exact) mass is 525 g/mol. The molecule has 0 fully saturated rings. The summed E-state index contributed by atoms with van der Waals surface area (Å²) in [5.74, 6) is -1.74. The second-order valence-electron chi connectivity index (χ2n) is 7.08. The summed E-state index contributed by atoms with van der Waals surface area (Å²) in [6.07, 6.45) is 0.269. The predicted octanol–water partition coefficient (Wildman–Crippen LogP) is -2.77. The Labute approximate surface area is 208 Å². The van der Waals surface area contributed by atoms with E-state index in [2.05, 4.69) is 35.7 Å². The highest BCUT2D eigenvalue weighted by atomic mass is 31.0. The van der Waals surface area contributed by atoms with Crippen molar-refractivity contribution in [2.75, 3.05) is 86.1 Å². The largest absolute Gasteiger partial charge is 0.480 e. The number of nitrogens with one attached hydrogen (secondary N) is 5. The number of carbonyl (C=O) groups excluding carboxylic acids is 3. The number of amides is 3. The second kappa shape index (κ2) is 23.8. The average molecular weight is 526 g/mol. The third kappa shape index (κ3) is 22.3. The van der Waals surface area contributed by atoms with Crippen LogP contribution in [0.4, 0.5) is 0 Å². The zero-order valence-electron chi connectivity index (χ0n) is 20.3. The molecule has 0 aromatic rings. The number of carboxylic acid groups (broad SMARTS) is 1. The average Bonchev–Trinajstić information content (AvgIpc) is 2.82. The lowest BCUT2D eigenvalue weighted by Gasteiger charge is -2.11. The molecule has 0 aliphatic rings. The van der Waals surface area contributed by atoms with Crippen molar-refractivity contribution >= 4 is 33.1 Å². The van der Waals surface area contributed by atoms with Crippen LogP contribution in [0.25, 0.3) is 0 Å². The van der Waals surface area contributed by atoms with Crippen molar-refractivity contribution in [3.05, 3.63) is 0 Å². The topological polar surface area (TPSA) is 186 Å². The van der Waals surface area contributed by atoms with E-state index in [0.717, 1.165) is 0 Å². The van der Waals surface area contributed by atoms with Gasteiger partial charge in [0, 0.05) is 32.6 Å². The van der Waals surface area contributed by atoms with Crippen LogP contribution >= 0.6 is 9.39 Å². The molecule has 14 nitrogen and oxygen atoms in total. The van der Waals surface area contributed by atoms with Crippen molar-refractivity contribution in [1.82, 2.24) is 26.4 Å². The van der Waals surface area contributed by atoms with Gasteiger partial charge in [0.1, 0.15) is 19.3 Å². The number of carboxylic acids is 1. The third-order valence-corrected chi connectivity index (χ3v) is 4.61. The Kier molecular flexibility index (Phi) is 22.5. The first-order valence-corrected chi connectivity index (χ1v) is 11.9. The molecule has 0 bridgehead atoms. The van der Waals surface area contributed by atoms with Crippen molar-refractivity contribution in [2.24, 2.45) is 0 Å². The van der Waals surface area contributed by atoms with E-state index in [9.17, 15) is 19.2 Å². The molecule has 0 spiro atoms. The van der Waals surface area contributed by atoms with Gasteiger partial charge < -0.3 is 45.3 Å². The number of rotatable bonds is 24. The maximum atomic E-state index is 11.6. The Morgan fingerprint density at radius 1 is 0.714 bits per heavy atom. The van der Waals surface area contributed by atoms with Gasteiger partial charge in [0.15, 0.2) is 0 Å². The van der Waals surface area contributed by atoms with Gasteiger partial charge >= 0.3 is 5.97 Å². The molecule has 0 aliphatic heterocycles. The van der Waals surface area contributed by atoms with Crippen LogP contribution in [0, 0.1) is 0 Å². The molecule has 0 radical (unpaired) electrons. The van der Waals surface area contributed by atoms with Crippen LogP contribution in [-0.4, -0.2) is 121 Å². The number of ether oxygens (including phenoxy) is 4. The minimum Gasteiger partial charge on any atom is -0.480 e. The zero-order chi connectivity index (χ0) is 26.2. The summed E-state index contributed by atoms with van der Waals surface area (Å²) in [6.45, 7) is 3.37. The van der Waals surface area contributed by atoms with Crippen LogP contribution in [0.5, 0.6) is 0 Å². The highest BCUT2D eigenvalue weighted by Crippen LogP contribution is 1.99. The van der Waals surface area contributed by atoms with Gasteiger partial charge in [0.2, 0.25) is 17.7 Å². The van der Waals surface area contributed by atoms with Crippen LogP contribution in [0.3, 0.4) is 0 Å². The third-order valence-electron chi connectivity index (χ3n) is 4.20. The molecule has 0 aromatic carbocycles. The summed E-state index contributed by atoms with van der Waals surface area (Å²) in [5.41, 5.74) is 0. The summed E-state index contributed by atoms with van der Waals surface area (Å²) >= 11 is 0. The van der Waals surface area contributed by atoms with E-state index in [1.165, 1.54) is 0 Å². The molecule has 3 amide bonds. The molecule has 15 heteroatoms. The van der Waals surface area contributed by atoms with Gasteiger partial charge in [-0.2, -0.15) is 0 Å². The fourth-order valence-electron chi connectivity index (χ4n) is 2.37. The molecule has 0 saturated carbocycles. The molecule has 0 aromatic heterocycles. The summed E-state index contributed by atoms with van der Waals surface area (Å²) in [4.78, 5) is 45.5. The molecular formula is C20H40N5O9P. The van der Waals surface area contributed by atoms with E-state index < -0.39 is 12.0 Å². The standard InChI is InChI=1S/C20H40N5O9P/c1-21-4-5-22-18(27)14-33-12-11-32-9-7-24-19(28)15-34-13-10-31-8-6-23-17(26)3-2-16(25-35)20(29)30/h16,21,25H,2-15,35H2,1H3,(H,22,27)(H,23,26)(H,24,28)(H,29,30)/t16-/m0/s1. The lowest BCUT2D eigenvalue weighted by molar-refractivity contribution is -0.139. The van der Waals surface area contributed by atoms with Crippen LogP contribution in [-0.2, 0) is 38.1 Å². The van der Waals surface area contributed by atoms with Crippen molar-refractivity contribution in [3.8, 4) is 0 Å². The number of hydrogen-bond acceptors (Lipinski definition) is 10. The zero-order valence-corrected chi connectivity index (χ0v) is 21.4.